The van der Waals surface area contributed by atoms with Gasteiger partial charge in [-0.05, 0) is 52.0 Å². The molecule has 0 radical (unpaired) electrons. The van der Waals surface area contributed by atoms with Crippen molar-refractivity contribution in [3.05, 3.63) is 45.1 Å². The molecule has 90 valence electrons. The van der Waals surface area contributed by atoms with Crippen LogP contribution in [-0.2, 0) is 0 Å². The number of thiophene rings is 1. The van der Waals surface area contributed by atoms with Gasteiger partial charge in [-0.2, -0.15) is 11.3 Å². The summed E-state index contributed by atoms with van der Waals surface area (Å²) in [5, 5.41) is 7.65. The molecule has 0 spiro atoms. The van der Waals surface area contributed by atoms with Crippen LogP contribution >= 0.6 is 27.3 Å². The van der Waals surface area contributed by atoms with Gasteiger partial charge in [0, 0.05) is 21.5 Å². The van der Waals surface area contributed by atoms with E-state index in [4.69, 9.17) is 0 Å². The molecule has 0 fully saturated rings. The highest BCUT2D eigenvalue weighted by Gasteiger charge is 2.09. The molecule has 0 aliphatic heterocycles. The fourth-order valence-corrected chi connectivity index (χ4v) is 3.55. The number of rotatable bonds is 4. The van der Waals surface area contributed by atoms with Gasteiger partial charge >= 0.3 is 0 Å². The van der Waals surface area contributed by atoms with Crippen molar-refractivity contribution in [3.8, 4) is 11.1 Å². The molecule has 1 N–H and O–H groups in total. The number of hydrogen-bond acceptors (Lipinski definition) is 2. The van der Waals surface area contributed by atoms with E-state index in [1.807, 2.05) is 7.05 Å². The van der Waals surface area contributed by atoms with E-state index >= 15 is 0 Å². The summed E-state index contributed by atoms with van der Waals surface area (Å²) in [5.41, 5.74) is 3.91. The first-order valence-corrected chi connectivity index (χ1v) is 7.49. The molecule has 2 rings (SSSR count). The smallest absolute Gasteiger partial charge is 0.0360 e. The molecule has 0 aliphatic rings. The average Bonchev–Trinajstić information content (AvgIpc) is 2.77. The van der Waals surface area contributed by atoms with Crippen molar-refractivity contribution in [2.75, 3.05) is 7.05 Å². The Labute approximate surface area is 115 Å². The summed E-state index contributed by atoms with van der Waals surface area (Å²) in [6.07, 6.45) is 1.10. The Kier molecular flexibility index (Phi) is 4.37. The van der Waals surface area contributed by atoms with Gasteiger partial charge in [-0.15, -0.1) is 0 Å². The highest BCUT2D eigenvalue weighted by molar-refractivity contribution is 9.10. The Morgan fingerprint density at radius 1 is 1.35 bits per heavy atom. The summed E-state index contributed by atoms with van der Waals surface area (Å²) in [6, 6.07) is 9.20. The lowest BCUT2D eigenvalue weighted by Gasteiger charge is -2.15. The Morgan fingerprint density at radius 3 is 2.76 bits per heavy atom. The molecule has 0 saturated carbocycles. The van der Waals surface area contributed by atoms with Crippen molar-refractivity contribution in [3.63, 3.8) is 0 Å². The molecule has 1 nitrogen and oxygen atoms in total. The highest BCUT2D eigenvalue weighted by Crippen LogP contribution is 2.33. The maximum absolute atomic E-state index is 3.59. The molecular weight excluding hydrogens is 294 g/mol. The summed E-state index contributed by atoms with van der Waals surface area (Å²) in [5.74, 6) is 0. The monoisotopic (exact) mass is 309 g/mol. The second kappa shape index (κ2) is 5.80. The van der Waals surface area contributed by atoms with Gasteiger partial charge in [0.2, 0.25) is 0 Å². The summed E-state index contributed by atoms with van der Waals surface area (Å²) in [6.45, 7) is 2.20. The van der Waals surface area contributed by atoms with Gasteiger partial charge in [0.1, 0.15) is 0 Å². The first-order valence-electron chi connectivity index (χ1n) is 5.75. The zero-order chi connectivity index (χ0) is 12.3. The SMILES string of the molecule is CCC(NC)c1cccc(-c2cscc2Br)c1. The normalized spacial score (nSPS) is 12.6. The van der Waals surface area contributed by atoms with Crippen LogP contribution in [0.15, 0.2) is 39.5 Å². The van der Waals surface area contributed by atoms with Crippen LogP contribution in [0.1, 0.15) is 24.9 Å². The van der Waals surface area contributed by atoms with Crippen LogP contribution in [0.2, 0.25) is 0 Å². The van der Waals surface area contributed by atoms with Gasteiger partial charge in [0.05, 0.1) is 0 Å². The third kappa shape index (κ3) is 2.79. The Balaban J connectivity index is 2.38. The minimum Gasteiger partial charge on any atom is -0.313 e. The van der Waals surface area contributed by atoms with Crippen LogP contribution in [0.25, 0.3) is 11.1 Å². The fourth-order valence-electron chi connectivity index (χ4n) is 2.02. The van der Waals surface area contributed by atoms with E-state index in [2.05, 4.69) is 63.2 Å². The van der Waals surface area contributed by atoms with Gasteiger partial charge in [0.15, 0.2) is 0 Å². The van der Waals surface area contributed by atoms with E-state index < -0.39 is 0 Å². The quantitative estimate of drug-likeness (QED) is 0.851. The highest BCUT2D eigenvalue weighted by atomic mass is 79.9. The number of benzene rings is 1. The Bertz CT molecular complexity index is 488. The maximum atomic E-state index is 3.59. The maximum Gasteiger partial charge on any atom is 0.0360 e. The number of hydrogen-bond donors (Lipinski definition) is 1. The van der Waals surface area contributed by atoms with Crippen LogP contribution in [0, 0.1) is 0 Å². The molecule has 1 aromatic heterocycles. The third-order valence-electron chi connectivity index (χ3n) is 2.97. The lowest BCUT2D eigenvalue weighted by atomic mass is 10.00. The van der Waals surface area contributed by atoms with Crippen molar-refractivity contribution in [2.24, 2.45) is 0 Å². The zero-order valence-electron chi connectivity index (χ0n) is 10.0. The van der Waals surface area contributed by atoms with E-state index in [9.17, 15) is 0 Å². The van der Waals surface area contributed by atoms with E-state index in [1.165, 1.54) is 21.2 Å². The van der Waals surface area contributed by atoms with Crippen molar-refractivity contribution in [2.45, 2.75) is 19.4 Å². The summed E-state index contributed by atoms with van der Waals surface area (Å²) < 4.78 is 1.18. The first kappa shape index (κ1) is 12.8. The number of nitrogens with one attached hydrogen (secondary N) is 1. The minimum absolute atomic E-state index is 0.437. The van der Waals surface area contributed by atoms with E-state index in [0.29, 0.717) is 6.04 Å². The molecule has 2 aromatic rings. The standard InChI is InChI=1S/C14H16BrNS/c1-3-14(16-2)11-6-4-5-10(7-11)12-8-17-9-13(12)15/h4-9,14,16H,3H2,1-2H3. The fraction of sp³-hybridized carbons (Fsp3) is 0.286. The van der Waals surface area contributed by atoms with E-state index in [-0.39, 0.29) is 0 Å². The molecule has 0 aliphatic carbocycles. The minimum atomic E-state index is 0.437. The van der Waals surface area contributed by atoms with Crippen LogP contribution in [0.3, 0.4) is 0 Å². The van der Waals surface area contributed by atoms with Crippen LogP contribution < -0.4 is 5.32 Å². The summed E-state index contributed by atoms with van der Waals surface area (Å²) in [4.78, 5) is 0. The van der Waals surface area contributed by atoms with Crippen molar-refractivity contribution >= 4 is 27.3 Å². The van der Waals surface area contributed by atoms with Crippen molar-refractivity contribution < 1.29 is 0 Å². The van der Waals surface area contributed by atoms with Crippen LogP contribution in [0.4, 0.5) is 0 Å². The van der Waals surface area contributed by atoms with Crippen molar-refractivity contribution in [1.82, 2.24) is 5.32 Å². The molecule has 17 heavy (non-hydrogen) atoms. The van der Waals surface area contributed by atoms with Crippen molar-refractivity contribution in [1.29, 1.82) is 0 Å². The molecule has 1 heterocycles. The van der Waals surface area contributed by atoms with Gasteiger partial charge in [-0.1, -0.05) is 25.1 Å². The van der Waals surface area contributed by atoms with Gasteiger partial charge in [0.25, 0.3) is 0 Å². The molecule has 0 bridgehead atoms. The molecule has 1 unspecified atom stereocenters. The predicted molar refractivity (Wildman–Crippen MR) is 79.5 cm³/mol. The molecule has 1 atom stereocenters. The van der Waals surface area contributed by atoms with Gasteiger partial charge in [-0.3, -0.25) is 0 Å². The second-order valence-electron chi connectivity index (χ2n) is 4.01. The second-order valence-corrected chi connectivity index (χ2v) is 5.61. The molecule has 1 aromatic carbocycles. The van der Waals surface area contributed by atoms with Crippen LogP contribution in [0.5, 0.6) is 0 Å². The lowest BCUT2D eigenvalue weighted by molar-refractivity contribution is 0.577. The topological polar surface area (TPSA) is 12.0 Å². The summed E-state index contributed by atoms with van der Waals surface area (Å²) in [7, 11) is 2.02. The molecule has 0 saturated heterocycles. The molecule has 0 amide bonds. The first-order chi connectivity index (χ1) is 8.26. The predicted octanol–water partition coefficient (Wildman–Crippen LogP) is 4.85. The average molecular weight is 310 g/mol. The van der Waals surface area contributed by atoms with E-state index in [1.54, 1.807) is 11.3 Å². The largest absolute Gasteiger partial charge is 0.313 e. The Morgan fingerprint density at radius 2 is 2.18 bits per heavy atom. The molecular formula is C14H16BrNS. The summed E-state index contributed by atoms with van der Waals surface area (Å²) >= 11 is 5.32. The zero-order valence-corrected chi connectivity index (χ0v) is 12.4. The molecule has 3 heteroatoms. The third-order valence-corrected chi connectivity index (χ3v) is 4.67. The van der Waals surface area contributed by atoms with Crippen LogP contribution in [-0.4, -0.2) is 7.05 Å². The Hall–Kier alpha value is -0.640. The lowest BCUT2D eigenvalue weighted by Crippen LogP contribution is -2.15. The van der Waals surface area contributed by atoms with Gasteiger partial charge < -0.3 is 5.32 Å². The van der Waals surface area contributed by atoms with E-state index in [0.717, 1.165) is 6.42 Å². The number of halogens is 1. The van der Waals surface area contributed by atoms with Gasteiger partial charge in [-0.25, -0.2) is 0 Å².